The number of fused-ring (bicyclic) bond motifs is 3. The molecule has 0 aliphatic carbocycles. The largest absolute Gasteiger partial charge is 0.494 e. The first kappa shape index (κ1) is 19.6. The summed E-state index contributed by atoms with van der Waals surface area (Å²) < 4.78 is 18.1. The van der Waals surface area contributed by atoms with Gasteiger partial charge in [-0.15, -0.1) is 0 Å². The van der Waals surface area contributed by atoms with Gasteiger partial charge in [0.15, 0.2) is 11.2 Å². The van der Waals surface area contributed by atoms with Crippen LogP contribution >= 0.6 is 0 Å². The van der Waals surface area contributed by atoms with Gasteiger partial charge in [-0.2, -0.15) is 4.98 Å². The predicted molar refractivity (Wildman–Crippen MR) is 109 cm³/mol. The molecule has 0 saturated heterocycles. The number of benzene rings is 1. The van der Waals surface area contributed by atoms with E-state index in [2.05, 4.69) is 4.98 Å². The third-order valence-electron chi connectivity index (χ3n) is 5.25. The number of nitrogens with zero attached hydrogens (tertiary/aromatic N) is 5. The lowest BCUT2D eigenvalue weighted by Crippen LogP contribution is -2.39. The topological polar surface area (TPSA) is 104 Å². The summed E-state index contributed by atoms with van der Waals surface area (Å²) in [6.07, 6.45) is 0. The highest BCUT2D eigenvalue weighted by atomic mass is 19.1. The van der Waals surface area contributed by atoms with Gasteiger partial charge in [-0.25, -0.2) is 13.6 Å². The average Bonchev–Trinajstić information content (AvgIpc) is 3.12. The predicted octanol–water partition coefficient (Wildman–Crippen LogP) is 1.21. The molecule has 4 rings (SSSR count). The molecule has 0 amide bonds. The minimum Gasteiger partial charge on any atom is -0.494 e. The Morgan fingerprint density at radius 2 is 1.60 bits per heavy atom. The highest BCUT2D eigenvalue weighted by Gasteiger charge is 2.23. The van der Waals surface area contributed by atoms with Crippen molar-refractivity contribution in [3.8, 4) is 5.88 Å². The number of hydrogen-bond donors (Lipinski definition) is 1. The van der Waals surface area contributed by atoms with Crippen LogP contribution in [0.4, 0.5) is 4.39 Å². The zero-order valence-corrected chi connectivity index (χ0v) is 16.7. The van der Waals surface area contributed by atoms with E-state index in [-0.39, 0.29) is 42.1 Å². The normalized spacial score (nSPS) is 11.6. The van der Waals surface area contributed by atoms with E-state index in [0.717, 1.165) is 4.57 Å². The van der Waals surface area contributed by atoms with Gasteiger partial charge in [0.05, 0.1) is 12.1 Å². The van der Waals surface area contributed by atoms with Crippen LogP contribution in [0.25, 0.3) is 16.9 Å². The fraction of sp³-hybridized carbons (Fsp3) is 0.300. The van der Waals surface area contributed by atoms with Crippen LogP contribution in [-0.2, 0) is 19.6 Å². The number of hydrogen-bond acceptors (Lipinski definition) is 5. The molecule has 30 heavy (non-hydrogen) atoms. The molecule has 0 aliphatic heterocycles. The van der Waals surface area contributed by atoms with Gasteiger partial charge in [0.1, 0.15) is 5.82 Å². The number of aryl methyl sites for hydroxylation is 1. The minimum absolute atomic E-state index is 0.0155. The van der Waals surface area contributed by atoms with E-state index >= 15 is 0 Å². The van der Waals surface area contributed by atoms with Gasteiger partial charge in [0.2, 0.25) is 11.7 Å². The molecular weight excluding hydrogens is 393 g/mol. The molecule has 10 heteroatoms. The van der Waals surface area contributed by atoms with Crippen molar-refractivity contribution in [3.05, 3.63) is 72.4 Å². The van der Waals surface area contributed by atoms with E-state index in [1.54, 1.807) is 13.8 Å². The molecule has 0 atom stereocenters. The summed E-state index contributed by atoms with van der Waals surface area (Å²) in [6, 6.07) is 5.63. The Labute approximate surface area is 168 Å². The molecule has 1 aromatic carbocycles. The zero-order valence-electron chi connectivity index (χ0n) is 16.7. The maximum Gasteiger partial charge on any atom is 0.332 e. The summed E-state index contributed by atoms with van der Waals surface area (Å²) in [5.74, 6) is -0.791. The van der Waals surface area contributed by atoms with Crippen LogP contribution in [0.3, 0.4) is 0 Å². The van der Waals surface area contributed by atoms with Gasteiger partial charge in [-0.05, 0) is 38.5 Å². The van der Waals surface area contributed by atoms with Crippen LogP contribution in [0.2, 0.25) is 0 Å². The maximum atomic E-state index is 13.3. The van der Waals surface area contributed by atoms with Crippen molar-refractivity contribution < 1.29 is 9.50 Å². The van der Waals surface area contributed by atoms with E-state index in [9.17, 15) is 23.9 Å². The van der Waals surface area contributed by atoms with E-state index < -0.39 is 28.5 Å². The Morgan fingerprint density at radius 1 is 0.967 bits per heavy atom. The van der Waals surface area contributed by atoms with Crippen LogP contribution < -0.4 is 16.8 Å². The van der Waals surface area contributed by atoms with Crippen LogP contribution in [0.15, 0.2) is 38.6 Å². The Kier molecular flexibility index (Phi) is 4.56. The molecule has 0 spiro atoms. The fourth-order valence-corrected chi connectivity index (χ4v) is 3.65. The highest BCUT2D eigenvalue weighted by Crippen LogP contribution is 2.21. The summed E-state index contributed by atoms with van der Waals surface area (Å²) in [5, 5.41) is 10.7. The van der Waals surface area contributed by atoms with E-state index in [0.29, 0.717) is 5.56 Å². The quantitative estimate of drug-likeness (QED) is 0.542. The molecule has 1 N–H and O–H groups in total. The summed E-state index contributed by atoms with van der Waals surface area (Å²) >= 11 is 0. The summed E-state index contributed by atoms with van der Waals surface area (Å²) in [4.78, 5) is 43.0. The van der Waals surface area contributed by atoms with Crippen LogP contribution in [0, 0.1) is 12.7 Å². The van der Waals surface area contributed by atoms with E-state index in [4.69, 9.17) is 0 Å². The minimum atomic E-state index is -0.601. The molecule has 0 saturated carbocycles. The van der Waals surface area contributed by atoms with Crippen molar-refractivity contribution in [2.75, 3.05) is 0 Å². The van der Waals surface area contributed by atoms with Crippen molar-refractivity contribution in [1.29, 1.82) is 0 Å². The lowest BCUT2D eigenvalue weighted by molar-refractivity contribution is 0.437. The average molecular weight is 413 g/mol. The maximum absolute atomic E-state index is 13.3. The number of aromatic nitrogens is 5. The molecule has 156 valence electrons. The monoisotopic (exact) mass is 413 g/mol. The van der Waals surface area contributed by atoms with E-state index in [1.807, 2.05) is 0 Å². The van der Waals surface area contributed by atoms with Gasteiger partial charge >= 0.3 is 5.69 Å². The molecule has 3 aromatic heterocycles. The highest BCUT2D eigenvalue weighted by molar-refractivity contribution is 5.76. The molecule has 0 bridgehead atoms. The zero-order chi connectivity index (χ0) is 21.7. The summed E-state index contributed by atoms with van der Waals surface area (Å²) in [7, 11) is 0. The molecule has 0 aliphatic rings. The smallest absolute Gasteiger partial charge is 0.332 e. The molecule has 0 fully saturated rings. The first-order chi connectivity index (χ1) is 14.3. The van der Waals surface area contributed by atoms with Crippen molar-refractivity contribution in [2.24, 2.45) is 0 Å². The Morgan fingerprint density at radius 3 is 2.20 bits per heavy atom. The SMILES string of the molecule is CCn1c(=O)c2c(nc3n(Cc4ccc(F)cc4)c(=O)c(C)c(O)n23)n(CC)c1=O. The third-order valence-corrected chi connectivity index (χ3v) is 5.25. The molecule has 0 unspecified atom stereocenters. The third kappa shape index (κ3) is 2.67. The lowest BCUT2D eigenvalue weighted by atomic mass is 10.2. The Balaban J connectivity index is 2.18. The fourth-order valence-electron chi connectivity index (χ4n) is 3.65. The molecule has 9 nitrogen and oxygen atoms in total. The second-order valence-electron chi connectivity index (χ2n) is 6.96. The number of aromatic hydroxyl groups is 1. The van der Waals surface area contributed by atoms with E-state index in [1.165, 1.54) is 44.7 Å². The van der Waals surface area contributed by atoms with Gasteiger partial charge < -0.3 is 5.11 Å². The van der Waals surface area contributed by atoms with Gasteiger partial charge in [-0.1, -0.05) is 12.1 Å². The molecule has 0 radical (unpaired) electrons. The van der Waals surface area contributed by atoms with Crippen molar-refractivity contribution in [2.45, 2.75) is 40.4 Å². The summed E-state index contributed by atoms with van der Waals surface area (Å²) in [6.45, 7) is 5.31. The molecule has 4 aromatic rings. The summed E-state index contributed by atoms with van der Waals surface area (Å²) in [5.41, 5.74) is -0.842. The first-order valence-corrected chi connectivity index (χ1v) is 9.52. The van der Waals surface area contributed by atoms with Gasteiger partial charge in [-0.3, -0.25) is 23.3 Å². The van der Waals surface area contributed by atoms with Crippen LogP contribution in [-0.4, -0.2) is 28.2 Å². The van der Waals surface area contributed by atoms with Crippen molar-refractivity contribution in [3.63, 3.8) is 0 Å². The number of imidazole rings is 1. The number of rotatable bonds is 4. The Hall–Kier alpha value is -3.69. The van der Waals surface area contributed by atoms with Crippen LogP contribution in [0.1, 0.15) is 25.0 Å². The Bertz CT molecular complexity index is 1470. The van der Waals surface area contributed by atoms with Crippen molar-refractivity contribution in [1.82, 2.24) is 23.1 Å². The standard InChI is InChI=1S/C20H20FN5O4/c1-4-23-15-14(18(29)24(5-2)20(23)30)26-17(28)11(3)16(27)25(19(26)22-15)10-12-6-8-13(21)9-7-12/h6-9,28H,4-5,10H2,1-3H3. The van der Waals surface area contributed by atoms with Crippen LogP contribution in [0.5, 0.6) is 5.88 Å². The lowest BCUT2D eigenvalue weighted by Gasteiger charge is -2.11. The van der Waals surface area contributed by atoms with Gasteiger partial charge in [0, 0.05) is 13.1 Å². The second kappa shape index (κ2) is 6.97. The molecule has 3 heterocycles. The van der Waals surface area contributed by atoms with Crippen molar-refractivity contribution >= 4 is 16.9 Å². The number of halogens is 1. The first-order valence-electron chi connectivity index (χ1n) is 9.52. The van der Waals surface area contributed by atoms with Gasteiger partial charge in [0.25, 0.3) is 11.1 Å². The molecular formula is C20H20FN5O4. The second-order valence-corrected chi connectivity index (χ2v) is 6.96.